The Bertz CT molecular complexity index is 2860. The quantitative estimate of drug-likeness (QED) is 0.120. The van der Waals surface area contributed by atoms with Gasteiger partial charge in [-0.1, -0.05) is 111 Å². The van der Waals surface area contributed by atoms with E-state index in [1.165, 1.54) is 66.4 Å². The van der Waals surface area contributed by atoms with Crippen molar-refractivity contribution in [1.29, 1.82) is 5.41 Å². The first-order chi connectivity index (χ1) is 26.4. The molecule has 1 unspecified atom stereocenters. The minimum Gasteiger partial charge on any atom is -0.456 e. The maximum atomic E-state index is 9.73. The Kier molecular flexibility index (Phi) is 8.34. The number of nitrogens with one attached hydrogen (secondary N) is 1. The summed E-state index contributed by atoms with van der Waals surface area (Å²) >= 11 is 0. The molecule has 7 aromatic rings. The standard InChI is InChI=1S/C50H45N3O/c1-6-16-32(8-3)26-44(51)40-27-41-37-21-15-22-38-42-30-49-43(36-20-11-12-24-48(36)54-49)29-47(42)53(50(37)38)46(41)28-39(40)33(17-7-2)31(4)34-18-9-10-19-35(34)45-23-13-14-25-52(45)5/h7-15,17-24,26-27,29-30,39,51H,3,6,16,25,28H2,1-2,4-5H3/b17-7?,32-26+,33-31+,51-44?. The third-order valence-corrected chi connectivity index (χ3v) is 11.6. The van der Waals surface area contributed by atoms with Crippen LogP contribution >= 0.6 is 0 Å². The number of aromatic nitrogens is 1. The second-order valence-electron chi connectivity index (χ2n) is 14.8. The van der Waals surface area contributed by atoms with Crippen molar-refractivity contribution in [3.63, 3.8) is 0 Å². The molecule has 1 aliphatic heterocycles. The zero-order chi connectivity index (χ0) is 37.1. The Morgan fingerprint density at radius 1 is 0.944 bits per heavy atom. The molecule has 4 heteroatoms. The van der Waals surface area contributed by atoms with Crippen LogP contribution in [0.5, 0.6) is 0 Å². The number of nitrogens with zero attached hydrogens (tertiary/aromatic N) is 2. The molecule has 2 aliphatic rings. The molecule has 4 aromatic carbocycles. The van der Waals surface area contributed by atoms with Crippen LogP contribution < -0.4 is 0 Å². The van der Waals surface area contributed by atoms with Gasteiger partial charge in [0.15, 0.2) is 0 Å². The van der Waals surface area contributed by atoms with Crippen molar-refractivity contribution in [2.24, 2.45) is 5.92 Å². The first-order valence-corrected chi connectivity index (χ1v) is 19.2. The Hall–Kier alpha value is -6.13. The molecule has 0 amide bonds. The summed E-state index contributed by atoms with van der Waals surface area (Å²) in [6.45, 7) is 11.6. The third kappa shape index (κ3) is 5.23. The molecule has 0 spiro atoms. The summed E-state index contributed by atoms with van der Waals surface area (Å²) in [5.41, 5.74) is 15.6. The van der Waals surface area contributed by atoms with Gasteiger partial charge in [-0.05, 0) is 91.0 Å². The molecular formula is C50H45N3O. The highest BCUT2D eigenvalue weighted by molar-refractivity contribution is 6.22. The number of hydrogen-bond donors (Lipinski definition) is 1. The lowest BCUT2D eigenvalue weighted by molar-refractivity contribution is 0.531. The summed E-state index contributed by atoms with van der Waals surface area (Å²) in [4.78, 5) is 2.31. The van der Waals surface area contributed by atoms with Gasteiger partial charge in [0.2, 0.25) is 0 Å². The average molecular weight is 704 g/mol. The van der Waals surface area contributed by atoms with Gasteiger partial charge in [0, 0.05) is 69.0 Å². The van der Waals surface area contributed by atoms with Crippen molar-refractivity contribution in [2.45, 2.75) is 40.0 Å². The number of allylic oxidation sites excluding steroid dienone is 10. The Labute approximate surface area is 316 Å². The van der Waals surface area contributed by atoms with E-state index in [1.807, 2.05) is 12.1 Å². The number of fused-ring (bicyclic) bond motifs is 9. The van der Waals surface area contributed by atoms with Crippen LogP contribution in [0.25, 0.3) is 66.5 Å². The van der Waals surface area contributed by atoms with E-state index in [0.717, 1.165) is 58.9 Å². The van der Waals surface area contributed by atoms with Crippen molar-refractivity contribution in [2.75, 3.05) is 13.6 Å². The van der Waals surface area contributed by atoms with Gasteiger partial charge in [0.1, 0.15) is 11.2 Å². The van der Waals surface area contributed by atoms with Gasteiger partial charge in [0.05, 0.1) is 16.7 Å². The number of likely N-dealkylation sites (N-methyl/N-ethyl adjacent to an activating group) is 1. The highest BCUT2D eigenvalue weighted by Gasteiger charge is 2.33. The van der Waals surface area contributed by atoms with Crippen LogP contribution in [-0.4, -0.2) is 28.6 Å². The van der Waals surface area contributed by atoms with Crippen LogP contribution in [0.1, 0.15) is 56.0 Å². The summed E-state index contributed by atoms with van der Waals surface area (Å²) in [5.74, 6) is -0.0530. The number of furan rings is 1. The Balaban J connectivity index is 1.31. The Morgan fingerprint density at radius 3 is 2.56 bits per heavy atom. The monoisotopic (exact) mass is 703 g/mol. The highest BCUT2D eigenvalue weighted by atomic mass is 16.3. The summed E-state index contributed by atoms with van der Waals surface area (Å²) in [5, 5.41) is 15.7. The van der Waals surface area contributed by atoms with E-state index < -0.39 is 0 Å². The molecule has 0 saturated heterocycles. The molecule has 1 N–H and O–H groups in total. The molecule has 54 heavy (non-hydrogen) atoms. The van der Waals surface area contributed by atoms with E-state index in [-0.39, 0.29) is 5.92 Å². The van der Waals surface area contributed by atoms with E-state index in [4.69, 9.17) is 4.42 Å². The first kappa shape index (κ1) is 33.7. The van der Waals surface area contributed by atoms with Crippen molar-refractivity contribution < 1.29 is 4.42 Å². The summed E-state index contributed by atoms with van der Waals surface area (Å²) < 4.78 is 8.91. The second-order valence-corrected chi connectivity index (χ2v) is 14.8. The molecule has 266 valence electrons. The van der Waals surface area contributed by atoms with Crippen molar-refractivity contribution in [3.05, 3.63) is 167 Å². The minimum atomic E-state index is -0.0530. The molecule has 3 aromatic heterocycles. The highest BCUT2D eigenvalue weighted by Crippen LogP contribution is 2.47. The molecule has 0 saturated carbocycles. The Morgan fingerprint density at radius 2 is 1.74 bits per heavy atom. The molecule has 1 aliphatic carbocycles. The first-order valence-electron chi connectivity index (χ1n) is 19.2. The normalized spacial score (nSPS) is 16.9. The largest absolute Gasteiger partial charge is 0.456 e. The zero-order valence-corrected chi connectivity index (χ0v) is 31.5. The SMILES string of the molecule is C=C/C(=C\C(=N)C1=Cc2c(n3c4cc5c(cc4c4cccc2c43)oc2ccccc25)CC1/C(C=CC)=C(\C)c1ccccc1C1=CC=CCN1C)CCC. The summed E-state index contributed by atoms with van der Waals surface area (Å²) in [7, 11) is 2.16. The van der Waals surface area contributed by atoms with Gasteiger partial charge in [0.25, 0.3) is 0 Å². The number of rotatable bonds is 9. The van der Waals surface area contributed by atoms with E-state index in [2.05, 4.69) is 159 Å². The smallest absolute Gasteiger partial charge is 0.136 e. The topological polar surface area (TPSA) is 44.6 Å². The summed E-state index contributed by atoms with van der Waals surface area (Å²) in [6, 6.07) is 28.4. The average Bonchev–Trinajstić information content (AvgIpc) is 3.84. The van der Waals surface area contributed by atoms with Crippen molar-refractivity contribution >= 4 is 72.2 Å². The van der Waals surface area contributed by atoms with E-state index in [9.17, 15) is 5.41 Å². The van der Waals surface area contributed by atoms with Crippen LogP contribution in [0.4, 0.5) is 0 Å². The predicted octanol–water partition coefficient (Wildman–Crippen LogP) is 13.0. The van der Waals surface area contributed by atoms with Gasteiger partial charge in [-0.25, -0.2) is 0 Å². The maximum absolute atomic E-state index is 9.73. The lowest BCUT2D eigenvalue weighted by Gasteiger charge is -2.30. The van der Waals surface area contributed by atoms with Crippen molar-refractivity contribution in [3.8, 4) is 0 Å². The minimum absolute atomic E-state index is 0.0530. The van der Waals surface area contributed by atoms with Crippen LogP contribution in [0.2, 0.25) is 0 Å². The number of benzene rings is 4. The van der Waals surface area contributed by atoms with Gasteiger partial charge < -0.3 is 19.1 Å². The van der Waals surface area contributed by atoms with Crippen LogP contribution in [0.15, 0.2) is 149 Å². The van der Waals surface area contributed by atoms with Crippen molar-refractivity contribution in [1.82, 2.24) is 9.30 Å². The predicted molar refractivity (Wildman–Crippen MR) is 231 cm³/mol. The van der Waals surface area contributed by atoms with Gasteiger partial charge >= 0.3 is 0 Å². The lowest BCUT2D eigenvalue weighted by atomic mass is 9.76. The van der Waals surface area contributed by atoms with Crippen LogP contribution in [0.3, 0.4) is 0 Å². The zero-order valence-electron chi connectivity index (χ0n) is 31.5. The molecule has 1 atom stereocenters. The fourth-order valence-corrected chi connectivity index (χ4v) is 9.08. The molecule has 0 bridgehead atoms. The van der Waals surface area contributed by atoms with Crippen LogP contribution in [0, 0.1) is 11.3 Å². The summed E-state index contributed by atoms with van der Waals surface area (Å²) in [6.07, 6.45) is 20.0. The fourth-order valence-electron chi connectivity index (χ4n) is 9.08. The van der Waals surface area contributed by atoms with Gasteiger partial charge in [-0.2, -0.15) is 0 Å². The second kappa shape index (κ2) is 13.4. The van der Waals surface area contributed by atoms with E-state index in [1.54, 1.807) is 0 Å². The molecule has 0 radical (unpaired) electrons. The van der Waals surface area contributed by atoms with Gasteiger partial charge in [-0.15, -0.1) is 0 Å². The van der Waals surface area contributed by atoms with Gasteiger partial charge in [-0.3, -0.25) is 0 Å². The molecule has 4 nitrogen and oxygen atoms in total. The van der Waals surface area contributed by atoms with E-state index in [0.29, 0.717) is 5.71 Å². The van der Waals surface area contributed by atoms with E-state index >= 15 is 0 Å². The molecular weight excluding hydrogens is 659 g/mol. The molecule has 9 rings (SSSR count). The maximum Gasteiger partial charge on any atom is 0.136 e. The fraction of sp³-hybridized carbons (Fsp3) is 0.180. The number of hydrogen-bond acceptors (Lipinski definition) is 3. The molecule has 0 fully saturated rings. The lowest BCUT2D eigenvalue weighted by Crippen LogP contribution is -2.22. The third-order valence-electron chi connectivity index (χ3n) is 11.6. The molecule has 4 heterocycles. The number of para-hydroxylation sites is 2. The van der Waals surface area contributed by atoms with Crippen LogP contribution in [-0.2, 0) is 6.42 Å².